The van der Waals surface area contributed by atoms with E-state index in [0.717, 1.165) is 16.3 Å². The number of hydrogen-bond acceptors (Lipinski definition) is 9. The Hall–Kier alpha value is -4.19. The lowest BCUT2D eigenvalue weighted by molar-refractivity contribution is -0.384. The third-order valence-electron chi connectivity index (χ3n) is 5.78. The van der Waals surface area contributed by atoms with Crippen molar-refractivity contribution in [2.45, 2.75) is 39.3 Å². The fourth-order valence-corrected chi connectivity index (χ4v) is 4.42. The van der Waals surface area contributed by atoms with E-state index in [1.165, 1.54) is 36.4 Å². The fraction of sp³-hybridized carbons (Fsp3) is 0.292. The number of rotatable bonds is 6. The standard InChI is InChI=1S/C24H23N5O6S/c1-5-34-22(31)21-24(4,18-13-15(3)28-19(25-18)12-14(2)26-28)35-23(36)27(21)20(30)11-8-16-6-9-17(10-7-16)29(32)33/h6-13,21H,5H2,1-4H3/b11-8+. The first-order valence-electron chi connectivity index (χ1n) is 11.0. The highest BCUT2D eigenvalue weighted by molar-refractivity contribution is 7.80. The van der Waals surface area contributed by atoms with Gasteiger partial charge >= 0.3 is 5.97 Å². The molecule has 12 heteroatoms. The molecule has 1 aliphatic rings. The summed E-state index contributed by atoms with van der Waals surface area (Å²) in [6, 6.07) is 7.95. The van der Waals surface area contributed by atoms with Crippen molar-refractivity contribution >= 4 is 46.7 Å². The average Bonchev–Trinajstić information content (AvgIpc) is 3.34. The van der Waals surface area contributed by atoms with Crippen LogP contribution in [0, 0.1) is 24.0 Å². The minimum Gasteiger partial charge on any atom is -0.464 e. The van der Waals surface area contributed by atoms with Crippen LogP contribution >= 0.6 is 12.2 Å². The molecule has 1 amide bonds. The minimum atomic E-state index is -1.43. The van der Waals surface area contributed by atoms with Crippen molar-refractivity contribution in [3.05, 3.63) is 75.2 Å². The number of amides is 1. The van der Waals surface area contributed by atoms with Crippen LogP contribution in [0.4, 0.5) is 5.69 Å². The molecule has 2 unspecified atom stereocenters. The van der Waals surface area contributed by atoms with Crippen molar-refractivity contribution in [2.75, 3.05) is 6.61 Å². The SMILES string of the molecule is CCOC(=O)C1N(C(=O)/C=C/c2ccc([N+](=O)[O-])cc2)C(=S)OC1(C)c1cc(C)n2nc(C)cc2n1. The zero-order valence-corrected chi connectivity index (χ0v) is 20.8. The summed E-state index contributed by atoms with van der Waals surface area (Å²) in [4.78, 5) is 42.4. The largest absolute Gasteiger partial charge is 0.464 e. The van der Waals surface area contributed by atoms with Crippen molar-refractivity contribution in [1.29, 1.82) is 0 Å². The lowest BCUT2D eigenvalue weighted by Gasteiger charge is -2.29. The number of thiocarbonyl (C=S) groups is 1. The second-order valence-corrected chi connectivity index (χ2v) is 8.71. The second-order valence-electron chi connectivity index (χ2n) is 8.36. The van der Waals surface area contributed by atoms with Crippen LogP contribution in [-0.2, 0) is 24.7 Å². The van der Waals surface area contributed by atoms with Gasteiger partial charge in [0.05, 0.1) is 22.9 Å². The topological polar surface area (TPSA) is 129 Å². The highest BCUT2D eigenvalue weighted by atomic mass is 32.1. The Morgan fingerprint density at radius 2 is 1.97 bits per heavy atom. The number of carbonyl (C=O) groups excluding carboxylic acids is 2. The fourth-order valence-electron chi connectivity index (χ4n) is 4.05. The van der Waals surface area contributed by atoms with Crippen molar-refractivity contribution in [3.8, 4) is 0 Å². The molecule has 3 heterocycles. The normalized spacial score (nSPS) is 19.6. The molecule has 1 aromatic carbocycles. The van der Waals surface area contributed by atoms with Crippen LogP contribution in [0.25, 0.3) is 11.7 Å². The van der Waals surface area contributed by atoms with E-state index < -0.39 is 28.4 Å². The Balaban J connectivity index is 1.71. The molecule has 0 bridgehead atoms. The molecule has 3 aromatic rings. The van der Waals surface area contributed by atoms with E-state index in [0.29, 0.717) is 16.9 Å². The minimum absolute atomic E-state index is 0.0705. The van der Waals surface area contributed by atoms with E-state index in [1.807, 2.05) is 13.8 Å². The van der Waals surface area contributed by atoms with Gasteiger partial charge in [-0.15, -0.1) is 0 Å². The maximum Gasteiger partial charge on any atom is 0.334 e. The van der Waals surface area contributed by atoms with E-state index in [-0.39, 0.29) is 17.5 Å². The van der Waals surface area contributed by atoms with E-state index in [4.69, 9.17) is 21.7 Å². The van der Waals surface area contributed by atoms with Gasteiger partial charge in [0.15, 0.2) is 17.3 Å². The Bertz CT molecular complexity index is 1420. The predicted octanol–water partition coefficient (Wildman–Crippen LogP) is 3.26. The van der Waals surface area contributed by atoms with Gasteiger partial charge in [-0.05, 0) is 69.8 Å². The molecule has 0 saturated carbocycles. The number of carbonyl (C=O) groups is 2. The third kappa shape index (κ3) is 4.42. The van der Waals surface area contributed by atoms with Crippen molar-refractivity contribution < 1.29 is 24.0 Å². The van der Waals surface area contributed by atoms with E-state index in [9.17, 15) is 19.7 Å². The lowest BCUT2D eigenvalue weighted by atomic mass is 9.91. The summed E-state index contributed by atoms with van der Waals surface area (Å²) in [5, 5.41) is 15.1. The molecule has 4 rings (SSSR count). The first-order chi connectivity index (χ1) is 17.0. The van der Waals surface area contributed by atoms with E-state index in [1.54, 1.807) is 30.5 Å². The summed E-state index contributed by atoms with van der Waals surface area (Å²) < 4.78 is 12.9. The van der Waals surface area contributed by atoms with Crippen molar-refractivity contribution in [1.82, 2.24) is 19.5 Å². The predicted molar refractivity (Wildman–Crippen MR) is 133 cm³/mol. The molecule has 11 nitrogen and oxygen atoms in total. The summed E-state index contributed by atoms with van der Waals surface area (Å²) in [5.41, 5.74) is 1.53. The molecule has 0 radical (unpaired) electrons. The molecule has 36 heavy (non-hydrogen) atoms. The summed E-state index contributed by atoms with van der Waals surface area (Å²) in [6.07, 6.45) is 2.69. The summed E-state index contributed by atoms with van der Waals surface area (Å²) in [5.74, 6) is -1.31. The van der Waals surface area contributed by atoms with Crippen LogP contribution < -0.4 is 0 Å². The van der Waals surface area contributed by atoms with Gasteiger partial charge in [0, 0.05) is 30.0 Å². The monoisotopic (exact) mass is 509 g/mol. The van der Waals surface area contributed by atoms with Gasteiger partial charge < -0.3 is 9.47 Å². The lowest BCUT2D eigenvalue weighted by Crippen LogP contribution is -2.50. The number of aromatic nitrogens is 3. The first-order valence-corrected chi connectivity index (χ1v) is 11.5. The number of ether oxygens (including phenoxy) is 2. The van der Waals surface area contributed by atoms with Crippen LogP contribution in [-0.4, -0.2) is 54.1 Å². The van der Waals surface area contributed by atoms with Crippen molar-refractivity contribution in [3.63, 3.8) is 0 Å². The highest BCUT2D eigenvalue weighted by Gasteiger charge is 2.58. The van der Waals surface area contributed by atoms with Gasteiger partial charge in [0.2, 0.25) is 0 Å². The average molecular weight is 510 g/mol. The molecular formula is C24H23N5O6S. The summed E-state index contributed by atoms with van der Waals surface area (Å²) >= 11 is 5.38. The first kappa shape index (κ1) is 24.9. The Kier molecular flexibility index (Phi) is 6.55. The molecule has 0 aliphatic carbocycles. The summed E-state index contributed by atoms with van der Waals surface area (Å²) in [7, 11) is 0. The maximum absolute atomic E-state index is 13.2. The second kappa shape index (κ2) is 9.46. The van der Waals surface area contributed by atoms with Crippen LogP contribution in [0.3, 0.4) is 0 Å². The molecule has 2 atom stereocenters. The molecule has 2 aromatic heterocycles. The van der Waals surface area contributed by atoms with E-state index >= 15 is 0 Å². The van der Waals surface area contributed by atoms with Gasteiger partial charge in [0.25, 0.3) is 16.8 Å². The number of fused-ring (bicyclic) bond motifs is 1. The molecule has 1 aliphatic heterocycles. The maximum atomic E-state index is 13.2. The van der Waals surface area contributed by atoms with Gasteiger partial charge in [-0.25, -0.2) is 14.3 Å². The quantitative estimate of drug-likeness (QED) is 0.162. The summed E-state index contributed by atoms with van der Waals surface area (Å²) in [6.45, 7) is 7.07. The Morgan fingerprint density at radius 3 is 2.61 bits per heavy atom. The Morgan fingerprint density at radius 1 is 1.28 bits per heavy atom. The molecule has 1 fully saturated rings. The molecule has 1 saturated heterocycles. The molecule has 0 N–H and O–H groups in total. The zero-order valence-electron chi connectivity index (χ0n) is 20.0. The highest BCUT2D eigenvalue weighted by Crippen LogP contribution is 2.39. The van der Waals surface area contributed by atoms with Crippen LogP contribution in [0.1, 0.15) is 36.5 Å². The number of nitro benzene ring substituents is 1. The molecular weight excluding hydrogens is 486 g/mol. The van der Waals surface area contributed by atoms with Gasteiger partial charge in [-0.3, -0.25) is 19.8 Å². The van der Waals surface area contributed by atoms with Gasteiger partial charge in [-0.2, -0.15) is 5.10 Å². The number of nitrogens with zero attached hydrogens (tertiary/aromatic N) is 5. The zero-order chi connectivity index (χ0) is 26.2. The van der Waals surface area contributed by atoms with Crippen LogP contribution in [0.2, 0.25) is 0 Å². The Labute approximate surface area is 211 Å². The van der Waals surface area contributed by atoms with Gasteiger partial charge in [0.1, 0.15) is 0 Å². The number of aryl methyl sites for hydroxylation is 2. The number of non-ortho nitro benzene ring substituents is 1. The van der Waals surface area contributed by atoms with Crippen LogP contribution in [0.15, 0.2) is 42.5 Å². The van der Waals surface area contributed by atoms with Crippen molar-refractivity contribution in [2.24, 2.45) is 0 Å². The third-order valence-corrected chi connectivity index (χ3v) is 6.06. The molecule has 0 spiro atoms. The number of hydrogen-bond donors (Lipinski definition) is 0. The van der Waals surface area contributed by atoms with E-state index in [2.05, 4.69) is 10.1 Å². The number of nitro groups is 1. The smallest absolute Gasteiger partial charge is 0.334 e. The molecule has 186 valence electrons. The van der Waals surface area contributed by atoms with Gasteiger partial charge in [-0.1, -0.05) is 0 Å². The number of benzene rings is 1. The van der Waals surface area contributed by atoms with Crippen LogP contribution in [0.5, 0.6) is 0 Å². The number of esters is 1.